The lowest BCUT2D eigenvalue weighted by atomic mass is 9.87. The Morgan fingerprint density at radius 2 is 2.13 bits per heavy atom. The minimum absolute atomic E-state index is 0.00660. The molecule has 0 amide bonds. The first-order chi connectivity index (χ1) is 6.89. The first-order valence-corrected chi connectivity index (χ1v) is 5.65. The maximum Gasteiger partial charge on any atom is 0.133 e. The van der Waals surface area contributed by atoms with Crippen molar-refractivity contribution < 1.29 is 5.11 Å². The molecule has 1 unspecified atom stereocenters. The molecule has 0 aromatic carbocycles. The fourth-order valence-electron chi connectivity index (χ4n) is 1.99. The van der Waals surface area contributed by atoms with Crippen LogP contribution in [-0.4, -0.2) is 10.1 Å². The number of aliphatic hydroxyl groups excluding tert-OH is 1. The lowest BCUT2D eigenvalue weighted by molar-refractivity contribution is 0.176. The highest BCUT2D eigenvalue weighted by Gasteiger charge is 2.26. The molecule has 1 heterocycles. The SMILES string of the molecule is CC(C)(C)c1cc2c(nc1Cl)C(O)CC2. The van der Waals surface area contributed by atoms with Crippen LogP contribution in [0.4, 0.5) is 0 Å². The van der Waals surface area contributed by atoms with Crippen molar-refractivity contribution in [2.75, 3.05) is 0 Å². The third-order valence-electron chi connectivity index (χ3n) is 2.90. The number of nitrogens with zero attached hydrogens (tertiary/aromatic N) is 1. The predicted molar refractivity (Wildman–Crippen MR) is 61.2 cm³/mol. The van der Waals surface area contributed by atoms with Crippen molar-refractivity contribution in [3.05, 3.63) is 28.0 Å². The minimum atomic E-state index is -0.425. The number of hydrogen-bond donors (Lipinski definition) is 1. The topological polar surface area (TPSA) is 33.1 Å². The van der Waals surface area contributed by atoms with E-state index in [2.05, 4.69) is 31.8 Å². The maximum atomic E-state index is 9.68. The molecule has 0 aliphatic heterocycles. The first kappa shape index (κ1) is 10.9. The van der Waals surface area contributed by atoms with Gasteiger partial charge in [0.2, 0.25) is 0 Å². The van der Waals surface area contributed by atoms with Crippen LogP contribution in [0.1, 0.15) is 50.1 Å². The van der Waals surface area contributed by atoms with Gasteiger partial charge in [-0.05, 0) is 29.4 Å². The summed E-state index contributed by atoms with van der Waals surface area (Å²) in [6.07, 6.45) is 1.25. The Labute approximate surface area is 95.3 Å². The number of aliphatic hydroxyl groups is 1. The molecule has 3 heteroatoms. The number of hydrogen-bond acceptors (Lipinski definition) is 2. The van der Waals surface area contributed by atoms with Crippen molar-refractivity contribution in [3.63, 3.8) is 0 Å². The molecule has 0 radical (unpaired) electrons. The van der Waals surface area contributed by atoms with Crippen LogP contribution in [0.5, 0.6) is 0 Å². The molecule has 1 aromatic heterocycles. The Balaban J connectivity index is 2.54. The number of halogens is 1. The normalized spacial score (nSPS) is 20.5. The average molecular weight is 226 g/mol. The monoisotopic (exact) mass is 225 g/mol. The zero-order valence-corrected chi connectivity index (χ0v) is 10.1. The van der Waals surface area contributed by atoms with Crippen molar-refractivity contribution in [2.24, 2.45) is 0 Å². The maximum absolute atomic E-state index is 9.68. The van der Waals surface area contributed by atoms with Crippen LogP contribution >= 0.6 is 11.6 Å². The summed E-state index contributed by atoms with van der Waals surface area (Å²) in [4.78, 5) is 4.32. The summed E-state index contributed by atoms with van der Waals surface area (Å²) >= 11 is 6.14. The summed E-state index contributed by atoms with van der Waals surface area (Å²) in [5.74, 6) is 0. The van der Waals surface area contributed by atoms with E-state index in [1.807, 2.05) is 0 Å². The highest BCUT2D eigenvalue weighted by Crippen LogP contribution is 2.36. The first-order valence-electron chi connectivity index (χ1n) is 5.27. The summed E-state index contributed by atoms with van der Waals surface area (Å²) in [6.45, 7) is 6.36. The number of aromatic nitrogens is 1. The van der Waals surface area contributed by atoms with Gasteiger partial charge in [0, 0.05) is 0 Å². The number of aryl methyl sites for hydroxylation is 1. The predicted octanol–water partition coefficient (Wildman–Crippen LogP) is 3.01. The molecule has 0 spiro atoms. The highest BCUT2D eigenvalue weighted by atomic mass is 35.5. The Bertz CT molecular complexity index is 395. The van der Waals surface area contributed by atoms with Crippen molar-refractivity contribution >= 4 is 11.6 Å². The van der Waals surface area contributed by atoms with Crippen molar-refractivity contribution in [1.29, 1.82) is 0 Å². The molecule has 1 N–H and O–H groups in total. The molecule has 2 rings (SSSR count). The zero-order chi connectivity index (χ0) is 11.2. The quantitative estimate of drug-likeness (QED) is 0.689. The van der Waals surface area contributed by atoms with E-state index < -0.39 is 6.10 Å². The molecule has 82 valence electrons. The molecule has 1 atom stereocenters. The van der Waals surface area contributed by atoms with Crippen molar-refractivity contribution in [2.45, 2.75) is 45.1 Å². The second-order valence-electron chi connectivity index (χ2n) is 5.18. The third-order valence-corrected chi connectivity index (χ3v) is 3.19. The molecule has 2 nitrogen and oxygen atoms in total. The number of fused-ring (bicyclic) bond motifs is 1. The second-order valence-corrected chi connectivity index (χ2v) is 5.53. The summed E-state index contributed by atoms with van der Waals surface area (Å²) < 4.78 is 0. The molecule has 1 aliphatic rings. The Morgan fingerprint density at radius 1 is 1.47 bits per heavy atom. The van der Waals surface area contributed by atoms with Gasteiger partial charge in [-0.15, -0.1) is 0 Å². The van der Waals surface area contributed by atoms with Gasteiger partial charge in [0.1, 0.15) is 5.15 Å². The van der Waals surface area contributed by atoms with E-state index in [4.69, 9.17) is 11.6 Å². The average Bonchev–Trinajstić information content (AvgIpc) is 2.45. The molecular formula is C12H16ClNO. The van der Waals surface area contributed by atoms with Crippen LogP contribution in [-0.2, 0) is 11.8 Å². The molecule has 0 bridgehead atoms. The number of rotatable bonds is 0. The van der Waals surface area contributed by atoms with Crippen LogP contribution < -0.4 is 0 Å². The second kappa shape index (κ2) is 3.46. The van der Waals surface area contributed by atoms with Crippen LogP contribution in [0.2, 0.25) is 5.15 Å². The Kier molecular flexibility index (Phi) is 2.52. The van der Waals surface area contributed by atoms with Gasteiger partial charge in [0.15, 0.2) is 0 Å². The van der Waals surface area contributed by atoms with Crippen LogP contribution in [0.25, 0.3) is 0 Å². The lowest BCUT2D eigenvalue weighted by Crippen LogP contribution is -2.14. The van der Waals surface area contributed by atoms with Crippen LogP contribution in [0, 0.1) is 0 Å². The molecule has 0 fully saturated rings. The third kappa shape index (κ3) is 1.88. The molecule has 1 aliphatic carbocycles. The molecular weight excluding hydrogens is 210 g/mol. The van der Waals surface area contributed by atoms with Gasteiger partial charge in [-0.25, -0.2) is 4.98 Å². The summed E-state index contributed by atoms with van der Waals surface area (Å²) in [6, 6.07) is 2.10. The van der Waals surface area contributed by atoms with Crippen LogP contribution in [0.15, 0.2) is 6.07 Å². The van der Waals surface area contributed by atoms with Crippen molar-refractivity contribution in [1.82, 2.24) is 4.98 Å². The zero-order valence-electron chi connectivity index (χ0n) is 9.34. The van der Waals surface area contributed by atoms with Gasteiger partial charge in [0.25, 0.3) is 0 Å². The molecule has 1 aromatic rings. The van der Waals surface area contributed by atoms with E-state index in [1.54, 1.807) is 0 Å². The minimum Gasteiger partial charge on any atom is -0.387 e. The van der Waals surface area contributed by atoms with Gasteiger partial charge in [-0.3, -0.25) is 0 Å². The Hall–Kier alpha value is -0.600. The van der Waals surface area contributed by atoms with Crippen molar-refractivity contribution in [3.8, 4) is 0 Å². The summed E-state index contributed by atoms with van der Waals surface area (Å²) in [7, 11) is 0. The molecule has 0 saturated carbocycles. The van der Waals surface area contributed by atoms with E-state index in [9.17, 15) is 5.11 Å². The fraction of sp³-hybridized carbons (Fsp3) is 0.583. The van der Waals surface area contributed by atoms with Gasteiger partial charge >= 0.3 is 0 Å². The summed E-state index contributed by atoms with van der Waals surface area (Å²) in [5.41, 5.74) is 2.99. The smallest absolute Gasteiger partial charge is 0.133 e. The van der Waals surface area contributed by atoms with E-state index in [0.717, 1.165) is 29.7 Å². The molecule has 15 heavy (non-hydrogen) atoms. The largest absolute Gasteiger partial charge is 0.387 e. The standard InChI is InChI=1S/C12H16ClNO/c1-12(2,3)8-6-7-4-5-9(15)10(7)14-11(8)13/h6,9,15H,4-5H2,1-3H3. The van der Waals surface area contributed by atoms with Gasteiger partial charge < -0.3 is 5.11 Å². The molecule has 0 saturated heterocycles. The van der Waals surface area contributed by atoms with Gasteiger partial charge in [0.05, 0.1) is 11.8 Å². The van der Waals surface area contributed by atoms with Crippen LogP contribution in [0.3, 0.4) is 0 Å². The van der Waals surface area contributed by atoms with Gasteiger partial charge in [-0.2, -0.15) is 0 Å². The Morgan fingerprint density at radius 3 is 2.73 bits per heavy atom. The van der Waals surface area contributed by atoms with E-state index in [0.29, 0.717) is 5.15 Å². The fourth-order valence-corrected chi connectivity index (χ4v) is 2.42. The van der Waals surface area contributed by atoms with E-state index in [1.165, 1.54) is 0 Å². The highest BCUT2D eigenvalue weighted by molar-refractivity contribution is 6.30. The summed E-state index contributed by atoms with van der Waals surface area (Å²) in [5, 5.41) is 10.2. The van der Waals surface area contributed by atoms with E-state index in [-0.39, 0.29) is 5.41 Å². The van der Waals surface area contributed by atoms with E-state index >= 15 is 0 Å². The van der Waals surface area contributed by atoms with Gasteiger partial charge in [-0.1, -0.05) is 38.4 Å². The number of pyridine rings is 1. The lowest BCUT2D eigenvalue weighted by Gasteiger charge is -2.21.